The van der Waals surface area contributed by atoms with Crippen molar-refractivity contribution in [1.82, 2.24) is 4.98 Å². The molecule has 3 N–H and O–H groups in total. The predicted octanol–water partition coefficient (Wildman–Crippen LogP) is 0.234. The molecule has 0 aliphatic carbocycles. The number of aromatic nitrogens is 1. The number of oxazole rings is 1. The first-order valence-corrected chi connectivity index (χ1v) is 5.77. The van der Waals surface area contributed by atoms with E-state index in [9.17, 15) is 4.79 Å². The van der Waals surface area contributed by atoms with Gasteiger partial charge in [0.05, 0.1) is 12.6 Å². The maximum Gasteiger partial charge on any atom is 0.358 e. The molecule has 7 nitrogen and oxygen atoms in total. The number of anilines is 1. The van der Waals surface area contributed by atoms with Crippen molar-refractivity contribution < 1.29 is 19.1 Å². The molecule has 2 rings (SSSR count). The topological polar surface area (TPSA) is 102 Å². The van der Waals surface area contributed by atoms with Crippen molar-refractivity contribution in [2.75, 3.05) is 25.1 Å². The molecular formula is C11H17N3O4. The Kier molecular flexibility index (Phi) is 3.53. The summed E-state index contributed by atoms with van der Waals surface area (Å²) in [5.74, 6) is -0.777. The molecular weight excluding hydrogens is 238 g/mol. The molecule has 1 fully saturated rings. The zero-order chi connectivity index (χ0) is 13.3. The number of carboxylic acids is 1. The van der Waals surface area contributed by atoms with E-state index in [1.165, 1.54) is 0 Å². The largest absolute Gasteiger partial charge is 0.476 e. The number of nitrogens with two attached hydrogens (primary N) is 1. The summed E-state index contributed by atoms with van der Waals surface area (Å²) in [5.41, 5.74) is 5.87. The molecule has 2 heterocycles. The van der Waals surface area contributed by atoms with Crippen LogP contribution in [0.1, 0.15) is 22.7 Å². The Morgan fingerprint density at radius 1 is 1.67 bits per heavy atom. The lowest BCUT2D eigenvalue weighted by molar-refractivity contribution is 0.0689. The summed E-state index contributed by atoms with van der Waals surface area (Å²) in [6.07, 6.45) is 0.654. The minimum atomic E-state index is -1.08. The standard InChI is InChI=1S/C11H17N3O4/c1-6-9(10(15)16)13-11(18-6)14-4-3-7(12)8(5-14)17-2/h7-8H,3-5,12H2,1-2H3,(H,15,16)/t7-,8+/m1/s1. The van der Waals surface area contributed by atoms with Gasteiger partial charge in [0.15, 0.2) is 5.69 Å². The summed E-state index contributed by atoms with van der Waals surface area (Å²) in [5, 5.41) is 8.93. The van der Waals surface area contributed by atoms with Crippen LogP contribution in [0.3, 0.4) is 0 Å². The highest BCUT2D eigenvalue weighted by atomic mass is 16.5. The zero-order valence-corrected chi connectivity index (χ0v) is 10.4. The van der Waals surface area contributed by atoms with Gasteiger partial charge in [-0.05, 0) is 13.3 Å². The second-order valence-electron chi connectivity index (χ2n) is 4.38. The van der Waals surface area contributed by atoms with Gasteiger partial charge in [0, 0.05) is 19.7 Å². The van der Waals surface area contributed by atoms with Crippen LogP contribution in [0, 0.1) is 6.92 Å². The third kappa shape index (κ3) is 2.32. The number of carbonyl (C=O) groups is 1. The van der Waals surface area contributed by atoms with E-state index in [1.54, 1.807) is 14.0 Å². The van der Waals surface area contributed by atoms with E-state index in [1.807, 2.05) is 4.90 Å². The molecule has 1 aromatic rings. The second-order valence-corrected chi connectivity index (χ2v) is 4.38. The number of hydrogen-bond acceptors (Lipinski definition) is 6. The SMILES string of the molecule is CO[C@H]1CN(c2nc(C(=O)O)c(C)o2)CC[C@H]1N. The second kappa shape index (κ2) is 4.95. The quantitative estimate of drug-likeness (QED) is 0.797. The Labute approximate surface area is 105 Å². The highest BCUT2D eigenvalue weighted by Gasteiger charge is 2.30. The van der Waals surface area contributed by atoms with Gasteiger partial charge in [-0.25, -0.2) is 4.79 Å². The van der Waals surface area contributed by atoms with Crippen molar-refractivity contribution in [1.29, 1.82) is 0 Å². The van der Waals surface area contributed by atoms with Crippen molar-refractivity contribution in [3.63, 3.8) is 0 Å². The molecule has 0 unspecified atom stereocenters. The molecule has 2 atom stereocenters. The van der Waals surface area contributed by atoms with E-state index >= 15 is 0 Å². The lowest BCUT2D eigenvalue weighted by atomic mass is 10.0. The first-order valence-electron chi connectivity index (χ1n) is 5.77. The molecule has 1 saturated heterocycles. The molecule has 0 aromatic carbocycles. The van der Waals surface area contributed by atoms with Crippen molar-refractivity contribution in [2.45, 2.75) is 25.5 Å². The number of ether oxygens (including phenoxy) is 1. The fourth-order valence-electron chi connectivity index (χ4n) is 2.07. The van der Waals surface area contributed by atoms with Gasteiger partial charge < -0.3 is 24.9 Å². The van der Waals surface area contributed by atoms with E-state index in [0.29, 0.717) is 24.9 Å². The number of aromatic carboxylic acids is 1. The summed E-state index contributed by atoms with van der Waals surface area (Å²) in [6, 6.07) is 0.306. The molecule has 0 saturated carbocycles. The maximum atomic E-state index is 10.9. The normalized spacial score (nSPS) is 24.3. The van der Waals surface area contributed by atoms with E-state index < -0.39 is 5.97 Å². The van der Waals surface area contributed by atoms with E-state index in [2.05, 4.69) is 4.98 Å². The smallest absolute Gasteiger partial charge is 0.358 e. The third-order valence-electron chi connectivity index (χ3n) is 3.17. The number of methoxy groups -OCH3 is 1. The minimum absolute atomic E-state index is 0.0127. The Morgan fingerprint density at radius 2 is 2.39 bits per heavy atom. The predicted molar refractivity (Wildman–Crippen MR) is 63.8 cm³/mol. The number of aryl methyl sites for hydroxylation is 1. The van der Waals surface area contributed by atoms with Gasteiger partial charge in [0.25, 0.3) is 6.01 Å². The van der Waals surface area contributed by atoms with Crippen LogP contribution in [-0.4, -0.2) is 48.4 Å². The van der Waals surface area contributed by atoms with Crippen LogP contribution in [0.4, 0.5) is 6.01 Å². The van der Waals surface area contributed by atoms with Crippen LogP contribution in [0.5, 0.6) is 0 Å². The summed E-state index contributed by atoms with van der Waals surface area (Å²) >= 11 is 0. The highest BCUT2D eigenvalue weighted by molar-refractivity contribution is 5.86. The van der Waals surface area contributed by atoms with Gasteiger partial charge in [-0.1, -0.05) is 0 Å². The highest BCUT2D eigenvalue weighted by Crippen LogP contribution is 2.22. The fourth-order valence-corrected chi connectivity index (χ4v) is 2.07. The van der Waals surface area contributed by atoms with Gasteiger partial charge >= 0.3 is 5.97 Å². The molecule has 18 heavy (non-hydrogen) atoms. The monoisotopic (exact) mass is 255 g/mol. The number of rotatable bonds is 3. The molecule has 1 aliphatic heterocycles. The van der Waals surface area contributed by atoms with Gasteiger partial charge in [0.2, 0.25) is 0 Å². The van der Waals surface area contributed by atoms with Crippen molar-refractivity contribution in [2.24, 2.45) is 5.73 Å². The van der Waals surface area contributed by atoms with Crippen molar-refractivity contribution in [3.8, 4) is 0 Å². The molecule has 7 heteroatoms. The average molecular weight is 255 g/mol. The Morgan fingerprint density at radius 3 is 2.94 bits per heavy atom. The Hall–Kier alpha value is -1.60. The van der Waals surface area contributed by atoms with Gasteiger partial charge in [0.1, 0.15) is 5.76 Å². The first-order chi connectivity index (χ1) is 8.52. The number of hydrogen-bond donors (Lipinski definition) is 2. The molecule has 0 bridgehead atoms. The van der Waals surface area contributed by atoms with Crippen LogP contribution in [0.25, 0.3) is 0 Å². The van der Waals surface area contributed by atoms with Crippen LogP contribution < -0.4 is 10.6 Å². The number of piperidine rings is 1. The molecule has 1 aliphatic rings. The van der Waals surface area contributed by atoms with E-state index in [-0.39, 0.29) is 17.8 Å². The summed E-state index contributed by atoms with van der Waals surface area (Å²) in [6.45, 7) is 2.82. The lowest BCUT2D eigenvalue weighted by Crippen LogP contribution is -2.51. The molecule has 0 radical (unpaired) electrons. The van der Waals surface area contributed by atoms with Gasteiger partial charge in [-0.15, -0.1) is 0 Å². The molecule has 1 aromatic heterocycles. The number of nitrogens with zero attached hydrogens (tertiary/aromatic N) is 2. The molecule has 0 spiro atoms. The summed E-state index contributed by atoms with van der Waals surface area (Å²) < 4.78 is 10.7. The van der Waals surface area contributed by atoms with Crippen LogP contribution in [0.15, 0.2) is 4.42 Å². The van der Waals surface area contributed by atoms with Crippen LogP contribution >= 0.6 is 0 Å². The van der Waals surface area contributed by atoms with Crippen molar-refractivity contribution in [3.05, 3.63) is 11.5 Å². The van der Waals surface area contributed by atoms with Crippen LogP contribution in [0.2, 0.25) is 0 Å². The third-order valence-corrected chi connectivity index (χ3v) is 3.17. The zero-order valence-electron chi connectivity index (χ0n) is 10.4. The summed E-state index contributed by atoms with van der Waals surface area (Å²) in [7, 11) is 1.61. The van der Waals surface area contributed by atoms with E-state index in [4.69, 9.17) is 20.0 Å². The van der Waals surface area contributed by atoms with Gasteiger partial charge in [-0.2, -0.15) is 4.98 Å². The summed E-state index contributed by atoms with van der Waals surface area (Å²) in [4.78, 5) is 16.8. The van der Waals surface area contributed by atoms with Crippen molar-refractivity contribution >= 4 is 12.0 Å². The van der Waals surface area contributed by atoms with E-state index in [0.717, 1.165) is 6.42 Å². The first kappa shape index (κ1) is 12.8. The molecule has 100 valence electrons. The number of carboxylic acid groups (broad SMARTS) is 1. The Bertz CT molecular complexity index is 445. The molecule has 0 amide bonds. The Balaban J connectivity index is 2.17. The fraction of sp³-hybridized carbons (Fsp3) is 0.636. The van der Waals surface area contributed by atoms with Crippen LogP contribution in [-0.2, 0) is 4.74 Å². The average Bonchev–Trinajstić information content (AvgIpc) is 2.72. The van der Waals surface area contributed by atoms with Gasteiger partial charge in [-0.3, -0.25) is 0 Å². The maximum absolute atomic E-state index is 10.9. The minimum Gasteiger partial charge on any atom is -0.476 e. The lowest BCUT2D eigenvalue weighted by Gasteiger charge is -2.34.